The Hall–Kier alpha value is -2.18. The fraction of sp³-hybridized carbons (Fsp3) is 0.435. The molecule has 2 aromatic rings. The maximum absolute atomic E-state index is 12.9. The molecule has 0 heterocycles. The lowest BCUT2D eigenvalue weighted by Gasteiger charge is -2.22. The third-order valence-electron chi connectivity index (χ3n) is 5.78. The Morgan fingerprint density at radius 1 is 1.00 bits per heavy atom. The van der Waals surface area contributed by atoms with Gasteiger partial charge in [-0.25, -0.2) is 8.42 Å². The Morgan fingerprint density at radius 2 is 1.59 bits per heavy atom. The number of likely N-dealkylation sites (N-methyl/N-ethyl adjacent to an activating group) is 1. The van der Waals surface area contributed by atoms with E-state index in [1.165, 1.54) is 44.7 Å². The summed E-state index contributed by atoms with van der Waals surface area (Å²) in [5.41, 5.74) is 3.84. The number of benzene rings is 2. The molecular formula is C23H30N2O3S. The van der Waals surface area contributed by atoms with E-state index in [0.29, 0.717) is 5.92 Å². The molecule has 0 aromatic heterocycles. The van der Waals surface area contributed by atoms with E-state index in [-0.39, 0.29) is 17.3 Å². The van der Waals surface area contributed by atoms with Gasteiger partial charge in [0.25, 0.3) is 0 Å². The minimum Gasteiger partial charge on any atom is -0.324 e. The summed E-state index contributed by atoms with van der Waals surface area (Å²) in [4.78, 5) is 12.7. The molecule has 1 saturated carbocycles. The number of carbonyl (C=O) groups is 1. The highest BCUT2D eigenvalue weighted by Crippen LogP contribution is 2.33. The molecule has 0 bridgehead atoms. The zero-order chi connectivity index (χ0) is 21.0. The van der Waals surface area contributed by atoms with Gasteiger partial charge in [0, 0.05) is 12.7 Å². The van der Waals surface area contributed by atoms with Gasteiger partial charge in [-0.15, -0.1) is 0 Å². The van der Waals surface area contributed by atoms with Crippen molar-refractivity contribution in [2.24, 2.45) is 0 Å². The Kier molecular flexibility index (Phi) is 6.75. The van der Waals surface area contributed by atoms with Crippen molar-refractivity contribution in [3.05, 3.63) is 59.2 Å². The lowest BCUT2D eigenvalue weighted by molar-refractivity contribution is -0.116. The SMILES string of the molecule is Cc1cccc(C)c1NC(=O)CN(C)S(=O)(=O)c1ccc(C2CCCCC2)cc1. The highest BCUT2D eigenvalue weighted by molar-refractivity contribution is 7.89. The van der Waals surface area contributed by atoms with Crippen molar-refractivity contribution in [1.29, 1.82) is 0 Å². The number of rotatable bonds is 6. The van der Waals surface area contributed by atoms with E-state index in [9.17, 15) is 13.2 Å². The average Bonchev–Trinajstić information content (AvgIpc) is 2.71. The van der Waals surface area contributed by atoms with Gasteiger partial charge in [0.1, 0.15) is 0 Å². The van der Waals surface area contributed by atoms with Gasteiger partial charge in [0.15, 0.2) is 0 Å². The van der Waals surface area contributed by atoms with E-state index in [0.717, 1.165) is 21.1 Å². The fourth-order valence-electron chi connectivity index (χ4n) is 4.01. The number of nitrogens with one attached hydrogen (secondary N) is 1. The first-order valence-electron chi connectivity index (χ1n) is 10.2. The van der Waals surface area contributed by atoms with Crippen LogP contribution in [0.4, 0.5) is 5.69 Å². The van der Waals surface area contributed by atoms with Gasteiger partial charge >= 0.3 is 0 Å². The second-order valence-corrected chi connectivity index (χ2v) is 10.0. The van der Waals surface area contributed by atoms with E-state index >= 15 is 0 Å². The number of amides is 1. The van der Waals surface area contributed by atoms with Crippen LogP contribution in [0.5, 0.6) is 0 Å². The first-order chi connectivity index (χ1) is 13.8. The van der Waals surface area contributed by atoms with Crippen LogP contribution in [0.2, 0.25) is 0 Å². The van der Waals surface area contributed by atoms with E-state index in [1.54, 1.807) is 12.1 Å². The second kappa shape index (κ2) is 9.09. The molecule has 0 saturated heterocycles. The summed E-state index contributed by atoms with van der Waals surface area (Å²) in [6, 6.07) is 12.9. The molecule has 1 N–H and O–H groups in total. The molecule has 0 spiro atoms. The fourth-order valence-corrected chi connectivity index (χ4v) is 5.13. The van der Waals surface area contributed by atoms with Gasteiger partial charge in [-0.2, -0.15) is 4.31 Å². The summed E-state index contributed by atoms with van der Waals surface area (Å²) in [7, 11) is -2.28. The molecule has 1 aliphatic carbocycles. The summed E-state index contributed by atoms with van der Waals surface area (Å²) < 4.78 is 26.9. The number of anilines is 1. The number of sulfonamides is 1. The van der Waals surface area contributed by atoms with Crippen molar-refractivity contribution in [2.75, 3.05) is 18.9 Å². The molecule has 29 heavy (non-hydrogen) atoms. The molecule has 5 nitrogen and oxygen atoms in total. The number of para-hydroxylation sites is 1. The van der Waals surface area contributed by atoms with Crippen LogP contribution in [-0.4, -0.2) is 32.2 Å². The number of carbonyl (C=O) groups excluding carboxylic acids is 1. The minimum absolute atomic E-state index is 0.222. The number of aryl methyl sites for hydroxylation is 2. The molecule has 0 radical (unpaired) electrons. The molecule has 6 heteroatoms. The maximum atomic E-state index is 12.9. The zero-order valence-electron chi connectivity index (χ0n) is 17.4. The van der Waals surface area contributed by atoms with Crippen LogP contribution >= 0.6 is 0 Å². The molecule has 1 aliphatic rings. The van der Waals surface area contributed by atoms with Gasteiger partial charge in [0.05, 0.1) is 11.4 Å². The van der Waals surface area contributed by atoms with Gasteiger partial charge in [0.2, 0.25) is 15.9 Å². The number of nitrogens with zero attached hydrogens (tertiary/aromatic N) is 1. The van der Waals surface area contributed by atoms with Crippen molar-refractivity contribution >= 4 is 21.6 Å². The van der Waals surface area contributed by atoms with E-state index in [2.05, 4.69) is 5.32 Å². The smallest absolute Gasteiger partial charge is 0.243 e. The second-order valence-electron chi connectivity index (χ2n) is 7.98. The average molecular weight is 415 g/mol. The van der Waals surface area contributed by atoms with Crippen LogP contribution in [0.15, 0.2) is 47.4 Å². The standard InChI is InChI=1S/C23H30N2O3S/c1-17-8-7-9-18(2)23(17)24-22(26)16-25(3)29(27,28)21-14-12-20(13-15-21)19-10-5-4-6-11-19/h7-9,12-15,19H,4-6,10-11,16H2,1-3H3,(H,24,26). The van der Waals surface area contributed by atoms with Crippen molar-refractivity contribution in [3.63, 3.8) is 0 Å². The molecule has 0 aliphatic heterocycles. The molecule has 3 rings (SSSR count). The molecule has 156 valence electrons. The Bertz CT molecular complexity index is 942. The predicted octanol–water partition coefficient (Wildman–Crippen LogP) is 4.61. The molecule has 2 aromatic carbocycles. The topological polar surface area (TPSA) is 66.5 Å². The molecule has 1 fully saturated rings. The first-order valence-corrected chi connectivity index (χ1v) is 11.7. The van der Waals surface area contributed by atoms with Crippen LogP contribution in [0.1, 0.15) is 54.7 Å². The van der Waals surface area contributed by atoms with Gasteiger partial charge < -0.3 is 5.32 Å². The molecule has 0 atom stereocenters. The summed E-state index contributed by atoms with van der Waals surface area (Å²) >= 11 is 0. The minimum atomic E-state index is -3.72. The summed E-state index contributed by atoms with van der Waals surface area (Å²) in [5.74, 6) is 0.175. The number of hydrogen-bond acceptors (Lipinski definition) is 3. The Balaban J connectivity index is 1.67. The van der Waals surface area contributed by atoms with Gasteiger partial charge in [-0.1, -0.05) is 49.6 Å². The van der Waals surface area contributed by atoms with Crippen molar-refractivity contribution in [3.8, 4) is 0 Å². The normalized spacial score (nSPS) is 15.4. The highest BCUT2D eigenvalue weighted by atomic mass is 32.2. The molecular weight excluding hydrogens is 384 g/mol. The van der Waals surface area contributed by atoms with Gasteiger partial charge in [-0.3, -0.25) is 4.79 Å². The monoisotopic (exact) mass is 414 g/mol. The summed E-state index contributed by atoms with van der Waals surface area (Å²) in [5, 5.41) is 2.84. The van der Waals surface area contributed by atoms with E-state index in [4.69, 9.17) is 0 Å². The summed E-state index contributed by atoms with van der Waals surface area (Å²) in [6.07, 6.45) is 6.11. The van der Waals surface area contributed by atoms with E-state index < -0.39 is 10.0 Å². The summed E-state index contributed by atoms with van der Waals surface area (Å²) in [6.45, 7) is 3.59. The first kappa shape index (κ1) is 21.5. The van der Waals surface area contributed by atoms with Crippen molar-refractivity contribution in [1.82, 2.24) is 4.31 Å². The van der Waals surface area contributed by atoms with Gasteiger partial charge in [-0.05, 0) is 61.4 Å². The number of hydrogen-bond donors (Lipinski definition) is 1. The zero-order valence-corrected chi connectivity index (χ0v) is 18.3. The lowest BCUT2D eigenvalue weighted by atomic mass is 9.84. The van der Waals surface area contributed by atoms with Crippen LogP contribution in [0, 0.1) is 13.8 Å². The highest BCUT2D eigenvalue weighted by Gasteiger charge is 2.24. The maximum Gasteiger partial charge on any atom is 0.243 e. The molecule has 0 unspecified atom stereocenters. The van der Waals surface area contributed by atoms with E-state index in [1.807, 2.05) is 44.2 Å². The Morgan fingerprint density at radius 3 is 2.17 bits per heavy atom. The van der Waals surface area contributed by atoms with Crippen LogP contribution < -0.4 is 5.32 Å². The lowest BCUT2D eigenvalue weighted by Crippen LogP contribution is -2.35. The Labute approximate surface area is 174 Å². The van der Waals surface area contributed by atoms with Crippen molar-refractivity contribution in [2.45, 2.75) is 56.8 Å². The predicted molar refractivity (Wildman–Crippen MR) is 117 cm³/mol. The van der Waals surface area contributed by atoms with Crippen molar-refractivity contribution < 1.29 is 13.2 Å². The van der Waals surface area contributed by atoms with Crippen LogP contribution in [-0.2, 0) is 14.8 Å². The molecule has 1 amide bonds. The largest absolute Gasteiger partial charge is 0.324 e. The quantitative estimate of drug-likeness (QED) is 0.751. The third-order valence-corrected chi connectivity index (χ3v) is 7.59. The van der Waals surface area contributed by atoms with Crippen LogP contribution in [0.25, 0.3) is 0 Å². The van der Waals surface area contributed by atoms with Crippen LogP contribution in [0.3, 0.4) is 0 Å². The third kappa shape index (κ3) is 5.06.